The van der Waals surface area contributed by atoms with Gasteiger partial charge in [-0.25, -0.2) is 0 Å². The zero-order valence-corrected chi connectivity index (χ0v) is 14.1. The van der Waals surface area contributed by atoms with Gasteiger partial charge in [0.15, 0.2) is 6.61 Å². The third-order valence-corrected chi connectivity index (χ3v) is 4.85. The van der Waals surface area contributed by atoms with Crippen molar-refractivity contribution in [3.63, 3.8) is 0 Å². The van der Waals surface area contributed by atoms with Gasteiger partial charge in [0, 0.05) is 19.1 Å². The topological polar surface area (TPSA) is 58.6 Å². The minimum Gasteiger partial charge on any atom is -0.484 e. The van der Waals surface area contributed by atoms with Crippen LogP contribution in [0.2, 0.25) is 0 Å². The minimum atomic E-state index is -0.123. The first-order valence-electron chi connectivity index (χ1n) is 8.02. The summed E-state index contributed by atoms with van der Waals surface area (Å²) in [5.41, 5.74) is 0. The number of benzene rings is 1. The van der Waals surface area contributed by atoms with Crippen molar-refractivity contribution in [3.05, 3.63) is 52.7 Å². The van der Waals surface area contributed by atoms with Crippen molar-refractivity contribution in [2.75, 3.05) is 19.7 Å². The van der Waals surface area contributed by atoms with Gasteiger partial charge in [0.2, 0.25) is 0 Å². The molecule has 126 valence electrons. The Hall–Kier alpha value is -2.34. The highest BCUT2D eigenvalue weighted by molar-refractivity contribution is 7.12. The maximum absolute atomic E-state index is 12.3. The quantitative estimate of drug-likeness (QED) is 0.907. The van der Waals surface area contributed by atoms with Crippen molar-refractivity contribution < 1.29 is 14.3 Å². The van der Waals surface area contributed by atoms with E-state index in [1.807, 2.05) is 52.7 Å². The van der Waals surface area contributed by atoms with E-state index in [0.29, 0.717) is 18.8 Å². The predicted octanol–water partition coefficient (Wildman–Crippen LogP) is 2.55. The first-order valence-corrected chi connectivity index (χ1v) is 8.90. The predicted molar refractivity (Wildman–Crippen MR) is 93.3 cm³/mol. The summed E-state index contributed by atoms with van der Waals surface area (Å²) >= 11 is 1.46. The van der Waals surface area contributed by atoms with Gasteiger partial charge in [0.1, 0.15) is 5.75 Å². The lowest BCUT2D eigenvalue weighted by atomic mass is 10.0. The zero-order chi connectivity index (χ0) is 16.8. The summed E-state index contributed by atoms with van der Waals surface area (Å²) in [7, 11) is 0. The van der Waals surface area contributed by atoms with Crippen molar-refractivity contribution in [1.29, 1.82) is 0 Å². The van der Waals surface area contributed by atoms with Gasteiger partial charge < -0.3 is 15.0 Å². The molecule has 5 nitrogen and oxygen atoms in total. The van der Waals surface area contributed by atoms with Crippen molar-refractivity contribution in [1.82, 2.24) is 10.2 Å². The number of hydrogen-bond acceptors (Lipinski definition) is 4. The van der Waals surface area contributed by atoms with Crippen LogP contribution in [0, 0.1) is 0 Å². The molecule has 2 heterocycles. The number of likely N-dealkylation sites (tertiary alicyclic amines) is 1. The number of hydrogen-bond donors (Lipinski definition) is 1. The Morgan fingerprint density at radius 2 is 1.88 bits per heavy atom. The highest BCUT2D eigenvalue weighted by Crippen LogP contribution is 2.17. The SMILES string of the molecule is O=C(COc1ccccc1)NC1CCN(C(=O)c2cccs2)CC1. The number of amides is 2. The highest BCUT2D eigenvalue weighted by Gasteiger charge is 2.25. The molecule has 1 saturated heterocycles. The lowest BCUT2D eigenvalue weighted by Crippen LogP contribution is -2.47. The van der Waals surface area contributed by atoms with Crippen LogP contribution in [0.3, 0.4) is 0 Å². The normalized spacial score (nSPS) is 15.1. The standard InChI is InChI=1S/C18H20N2O3S/c21-17(13-23-15-5-2-1-3-6-15)19-14-8-10-20(11-9-14)18(22)16-7-4-12-24-16/h1-7,12,14H,8-11,13H2,(H,19,21). The van der Waals surface area contributed by atoms with Gasteiger partial charge in [-0.2, -0.15) is 0 Å². The number of nitrogens with zero attached hydrogens (tertiary/aromatic N) is 1. The number of carbonyl (C=O) groups excluding carboxylic acids is 2. The van der Waals surface area contributed by atoms with E-state index >= 15 is 0 Å². The molecule has 1 aromatic heterocycles. The lowest BCUT2D eigenvalue weighted by Gasteiger charge is -2.32. The number of nitrogens with one attached hydrogen (secondary N) is 1. The molecule has 0 saturated carbocycles. The third kappa shape index (κ3) is 4.35. The van der Waals surface area contributed by atoms with E-state index in [2.05, 4.69) is 5.32 Å². The maximum Gasteiger partial charge on any atom is 0.263 e. The molecule has 1 fully saturated rings. The Kier molecular flexibility index (Phi) is 5.48. The molecule has 24 heavy (non-hydrogen) atoms. The number of carbonyl (C=O) groups is 2. The summed E-state index contributed by atoms with van der Waals surface area (Å²) in [6.07, 6.45) is 1.54. The van der Waals surface area contributed by atoms with Crippen LogP contribution < -0.4 is 10.1 Å². The zero-order valence-electron chi connectivity index (χ0n) is 13.3. The molecule has 2 amide bonds. The highest BCUT2D eigenvalue weighted by atomic mass is 32.1. The van der Waals surface area contributed by atoms with E-state index in [1.54, 1.807) is 0 Å². The molecule has 0 radical (unpaired) electrons. The fourth-order valence-corrected chi connectivity index (χ4v) is 3.41. The average Bonchev–Trinajstić information content (AvgIpc) is 3.16. The van der Waals surface area contributed by atoms with Crippen LogP contribution >= 0.6 is 11.3 Å². The number of para-hydroxylation sites is 1. The molecule has 0 aliphatic carbocycles. The van der Waals surface area contributed by atoms with Crippen LogP contribution in [-0.4, -0.2) is 42.5 Å². The first kappa shape index (κ1) is 16.5. The van der Waals surface area contributed by atoms with Gasteiger partial charge >= 0.3 is 0 Å². The molecule has 2 aromatic rings. The lowest BCUT2D eigenvalue weighted by molar-refractivity contribution is -0.124. The maximum atomic E-state index is 12.3. The largest absolute Gasteiger partial charge is 0.484 e. The molecule has 0 spiro atoms. The van der Waals surface area contributed by atoms with Crippen molar-refractivity contribution >= 4 is 23.2 Å². The van der Waals surface area contributed by atoms with Crippen molar-refractivity contribution in [2.45, 2.75) is 18.9 Å². The van der Waals surface area contributed by atoms with Gasteiger partial charge in [-0.05, 0) is 36.4 Å². The Morgan fingerprint density at radius 1 is 1.12 bits per heavy atom. The summed E-state index contributed by atoms with van der Waals surface area (Å²) < 4.78 is 5.44. The Labute approximate surface area is 145 Å². The number of piperidine rings is 1. The summed E-state index contributed by atoms with van der Waals surface area (Å²) in [6.45, 7) is 1.35. The Bertz CT molecular complexity index is 665. The van der Waals surface area contributed by atoms with Crippen LogP contribution in [0.15, 0.2) is 47.8 Å². The van der Waals surface area contributed by atoms with Gasteiger partial charge in [-0.3, -0.25) is 9.59 Å². The number of thiophene rings is 1. The molecule has 1 N–H and O–H groups in total. The third-order valence-electron chi connectivity index (χ3n) is 3.99. The van der Waals surface area contributed by atoms with Crippen molar-refractivity contribution in [3.8, 4) is 5.75 Å². The van der Waals surface area contributed by atoms with Gasteiger partial charge in [0.25, 0.3) is 11.8 Å². The van der Waals surface area contributed by atoms with E-state index < -0.39 is 0 Å². The Balaban J connectivity index is 1.40. The molecular weight excluding hydrogens is 324 g/mol. The van der Waals surface area contributed by atoms with Crippen LogP contribution in [0.4, 0.5) is 0 Å². The first-order chi connectivity index (χ1) is 11.7. The summed E-state index contributed by atoms with van der Waals surface area (Å²) in [4.78, 5) is 26.9. The van der Waals surface area contributed by atoms with Gasteiger partial charge in [-0.1, -0.05) is 24.3 Å². The second kappa shape index (κ2) is 7.97. The second-order valence-electron chi connectivity index (χ2n) is 5.71. The fourth-order valence-electron chi connectivity index (χ4n) is 2.72. The Morgan fingerprint density at radius 3 is 2.54 bits per heavy atom. The van der Waals surface area contributed by atoms with Gasteiger partial charge in [-0.15, -0.1) is 11.3 Å². The molecule has 1 aromatic carbocycles. The molecule has 0 atom stereocenters. The molecule has 1 aliphatic rings. The van der Waals surface area contributed by atoms with Crippen LogP contribution in [0.1, 0.15) is 22.5 Å². The smallest absolute Gasteiger partial charge is 0.263 e. The molecule has 1 aliphatic heterocycles. The monoisotopic (exact) mass is 344 g/mol. The molecule has 0 unspecified atom stereocenters. The molecule has 6 heteroatoms. The minimum absolute atomic E-state index is 0.0123. The van der Waals surface area contributed by atoms with Crippen LogP contribution in [0.5, 0.6) is 5.75 Å². The van der Waals surface area contributed by atoms with E-state index in [0.717, 1.165) is 17.7 Å². The van der Waals surface area contributed by atoms with Crippen LogP contribution in [0.25, 0.3) is 0 Å². The van der Waals surface area contributed by atoms with Crippen molar-refractivity contribution in [2.24, 2.45) is 0 Å². The average molecular weight is 344 g/mol. The van der Waals surface area contributed by atoms with Crippen LogP contribution in [-0.2, 0) is 4.79 Å². The van der Waals surface area contributed by atoms with E-state index in [4.69, 9.17) is 4.74 Å². The number of rotatable bonds is 5. The molecule has 0 bridgehead atoms. The molecule has 3 rings (SSSR count). The van der Waals surface area contributed by atoms with E-state index in [-0.39, 0.29) is 24.5 Å². The summed E-state index contributed by atoms with van der Waals surface area (Å²) in [5, 5.41) is 4.89. The van der Waals surface area contributed by atoms with E-state index in [1.165, 1.54) is 11.3 Å². The fraction of sp³-hybridized carbons (Fsp3) is 0.333. The van der Waals surface area contributed by atoms with E-state index in [9.17, 15) is 9.59 Å². The van der Waals surface area contributed by atoms with Gasteiger partial charge in [0.05, 0.1) is 4.88 Å². The second-order valence-corrected chi connectivity index (χ2v) is 6.66. The number of ether oxygens (including phenoxy) is 1. The summed E-state index contributed by atoms with van der Waals surface area (Å²) in [5.74, 6) is 0.646. The summed E-state index contributed by atoms with van der Waals surface area (Å²) in [6, 6.07) is 13.1. The molecular formula is C18H20N2O3S.